The summed E-state index contributed by atoms with van der Waals surface area (Å²) in [5, 5.41) is 0. The van der Waals surface area contributed by atoms with Crippen LogP contribution in [0, 0.1) is 0 Å². The Hall–Kier alpha value is -0.160. The Kier molecular flexibility index (Phi) is 4.58. The quantitative estimate of drug-likeness (QED) is 0.765. The van der Waals surface area contributed by atoms with E-state index in [2.05, 4.69) is 4.90 Å². The maximum absolute atomic E-state index is 6.03. The molecule has 3 unspecified atom stereocenters. The minimum atomic E-state index is 0.130. The van der Waals surface area contributed by atoms with Gasteiger partial charge in [0, 0.05) is 32.3 Å². The van der Waals surface area contributed by atoms with Crippen LogP contribution in [-0.4, -0.2) is 56.5 Å². The molecule has 0 radical (unpaired) electrons. The monoisotopic (exact) mass is 228 g/mol. The Bertz CT molecular complexity index is 211. The van der Waals surface area contributed by atoms with Crippen LogP contribution in [0.3, 0.4) is 0 Å². The highest BCUT2D eigenvalue weighted by Gasteiger charge is 2.34. The van der Waals surface area contributed by atoms with Crippen LogP contribution < -0.4 is 5.73 Å². The molecule has 1 aliphatic carbocycles. The molecule has 0 aromatic rings. The molecular weight excluding hydrogens is 204 g/mol. The van der Waals surface area contributed by atoms with Crippen LogP contribution in [0.4, 0.5) is 0 Å². The highest BCUT2D eigenvalue weighted by atomic mass is 16.5. The van der Waals surface area contributed by atoms with E-state index in [-0.39, 0.29) is 6.04 Å². The second-order valence-corrected chi connectivity index (χ2v) is 4.97. The molecule has 1 aliphatic heterocycles. The van der Waals surface area contributed by atoms with Gasteiger partial charge < -0.3 is 15.2 Å². The zero-order chi connectivity index (χ0) is 11.4. The Morgan fingerprint density at radius 2 is 2.25 bits per heavy atom. The second kappa shape index (κ2) is 5.96. The number of rotatable bonds is 4. The molecule has 1 heterocycles. The van der Waals surface area contributed by atoms with Gasteiger partial charge in [-0.25, -0.2) is 0 Å². The van der Waals surface area contributed by atoms with Crippen molar-refractivity contribution in [3.05, 3.63) is 0 Å². The number of morpholine rings is 1. The predicted octanol–water partition coefficient (Wildman–Crippen LogP) is 0.604. The average Bonchev–Trinajstić information content (AvgIpc) is 2.30. The van der Waals surface area contributed by atoms with E-state index in [1.54, 1.807) is 7.11 Å². The van der Waals surface area contributed by atoms with E-state index in [0.717, 1.165) is 19.7 Å². The lowest BCUT2D eigenvalue weighted by Gasteiger charge is -2.44. The Labute approximate surface area is 98.1 Å². The fourth-order valence-electron chi connectivity index (χ4n) is 2.97. The molecule has 0 aromatic heterocycles. The molecule has 4 nitrogen and oxygen atoms in total. The van der Waals surface area contributed by atoms with Crippen molar-refractivity contribution in [2.75, 3.05) is 33.4 Å². The lowest BCUT2D eigenvalue weighted by molar-refractivity contribution is -0.0905. The van der Waals surface area contributed by atoms with Crippen LogP contribution in [0.1, 0.15) is 25.7 Å². The molecule has 16 heavy (non-hydrogen) atoms. The summed E-state index contributed by atoms with van der Waals surface area (Å²) in [6.07, 6.45) is 5.60. The molecule has 0 amide bonds. The first kappa shape index (κ1) is 12.3. The Balaban J connectivity index is 1.87. The fourth-order valence-corrected chi connectivity index (χ4v) is 2.97. The molecule has 1 saturated heterocycles. The molecule has 1 saturated carbocycles. The van der Waals surface area contributed by atoms with Gasteiger partial charge in [-0.15, -0.1) is 0 Å². The molecule has 94 valence electrons. The molecule has 0 bridgehead atoms. The van der Waals surface area contributed by atoms with Crippen LogP contribution in [0.2, 0.25) is 0 Å². The lowest BCUT2D eigenvalue weighted by atomic mass is 9.90. The Morgan fingerprint density at radius 3 is 3.06 bits per heavy atom. The molecule has 2 aliphatic rings. The van der Waals surface area contributed by atoms with Crippen molar-refractivity contribution in [3.8, 4) is 0 Å². The Morgan fingerprint density at radius 1 is 1.44 bits per heavy atom. The number of ether oxygens (including phenoxy) is 2. The highest BCUT2D eigenvalue weighted by Crippen LogP contribution is 2.28. The van der Waals surface area contributed by atoms with Gasteiger partial charge in [-0.05, 0) is 12.8 Å². The molecular formula is C12H24N2O2. The van der Waals surface area contributed by atoms with Crippen molar-refractivity contribution in [3.63, 3.8) is 0 Å². The summed E-state index contributed by atoms with van der Waals surface area (Å²) >= 11 is 0. The highest BCUT2D eigenvalue weighted by molar-refractivity contribution is 4.88. The first-order chi connectivity index (χ1) is 7.81. The maximum Gasteiger partial charge on any atom is 0.0730 e. The van der Waals surface area contributed by atoms with Crippen molar-refractivity contribution < 1.29 is 9.47 Å². The van der Waals surface area contributed by atoms with Crippen molar-refractivity contribution in [1.29, 1.82) is 0 Å². The molecule has 3 atom stereocenters. The van der Waals surface area contributed by atoms with Gasteiger partial charge in [-0.3, -0.25) is 4.90 Å². The fraction of sp³-hybridized carbons (Fsp3) is 1.00. The normalized spacial score (nSPS) is 33.4. The number of nitrogens with zero attached hydrogens (tertiary/aromatic N) is 1. The van der Waals surface area contributed by atoms with E-state index in [1.807, 2.05) is 0 Å². The zero-order valence-corrected chi connectivity index (χ0v) is 10.2. The number of hydrogen-bond donors (Lipinski definition) is 1. The van der Waals surface area contributed by atoms with Crippen molar-refractivity contribution in [1.82, 2.24) is 4.90 Å². The lowest BCUT2D eigenvalue weighted by Crippen LogP contribution is -2.56. The summed E-state index contributed by atoms with van der Waals surface area (Å²) in [4.78, 5) is 2.51. The van der Waals surface area contributed by atoms with E-state index in [9.17, 15) is 0 Å². The van der Waals surface area contributed by atoms with Gasteiger partial charge in [-0.2, -0.15) is 0 Å². The summed E-state index contributed by atoms with van der Waals surface area (Å²) in [6, 6.07) is 0.732. The van der Waals surface area contributed by atoms with Gasteiger partial charge >= 0.3 is 0 Å². The first-order valence-electron chi connectivity index (χ1n) is 6.41. The molecule has 2 N–H and O–H groups in total. The predicted molar refractivity (Wildman–Crippen MR) is 63.4 cm³/mol. The summed E-state index contributed by atoms with van der Waals surface area (Å²) in [5.41, 5.74) is 6.03. The van der Waals surface area contributed by atoms with Gasteiger partial charge in [-0.1, -0.05) is 12.8 Å². The number of nitrogens with two attached hydrogens (primary N) is 1. The van der Waals surface area contributed by atoms with Gasteiger partial charge in [0.15, 0.2) is 0 Å². The summed E-state index contributed by atoms with van der Waals surface area (Å²) in [7, 11) is 1.71. The average molecular weight is 228 g/mol. The van der Waals surface area contributed by atoms with E-state index < -0.39 is 0 Å². The van der Waals surface area contributed by atoms with Gasteiger partial charge in [0.05, 0.1) is 19.3 Å². The summed E-state index contributed by atoms with van der Waals surface area (Å²) in [6.45, 7) is 3.48. The number of fused-ring (bicyclic) bond motifs is 1. The number of methoxy groups -OCH3 is 1. The second-order valence-electron chi connectivity index (χ2n) is 4.97. The third-order valence-corrected chi connectivity index (χ3v) is 3.70. The van der Waals surface area contributed by atoms with Crippen LogP contribution in [-0.2, 0) is 9.47 Å². The van der Waals surface area contributed by atoms with Crippen molar-refractivity contribution >= 4 is 0 Å². The first-order valence-corrected chi connectivity index (χ1v) is 6.41. The van der Waals surface area contributed by atoms with Gasteiger partial charge in [0.25, 0.3) is 0 Å². The van der Waals surface area contributed by atoms with Crippen LogP contribution in [0.5, 0.6) is 0 Å². The molecule has 0 aromatic carbocycles. The number of hydrogen-bond acceptors (Lipinski definition) is 4. The minimum Gasteiger partial charge on any atom is -0.383 e. The van der Waals surface area contributed by atoms with Crippen molar-refractivity contribution in [2.45, 2.75) is 43.9 Å². The van der Waals surface area contributed by atoms with Crippen LogP contribution in [0.25, 0.3) is 0 Å². The molecule has 4 heteroatoms. The summed E-state index contributed by atoms with van der Waals surface area (Å²) < 4.78 is 10.9. The van der Waals surface area contributed by atoms with Crippen LogP contribution >= 0.6 is 0 Å². The standard InChI is InChI=1S/C12H24N2O2/c1-15-9-10(13)8-14-6-7-16-12-5-3-2-4-11(12)14/h10-12H,2-9,13H2,1H3. The minimum absolute atomic E-state index is 0.130. The third kappa shape index (κ3) is 2.94. The smallest absolute Gasteiger partial charge is 0.0730 e. The molecule has 2 fully saturated rings. The largest absolute Gasteiger partial charge is 0.383 e. The van der Waals surface area contributed by atoms with Crippen LogP contribution in [0.15, 0.2) is 0 Å². The van der Waals surface area contributed by atoms with Crippen molar-refractivity contribution in [2.24, 2.45) is 5.73 Å². The van der Waals surface area contributed by atoms with Gasteiger partial charge in [0.1, 0.15) is 0 Å². The van der Waals surface area contributed by atoms with E-state index in [1.165, 1.54) is 25.7 Å². The SMILES string of the molecule is COCC(N)CN1CCOC2CCCCC21. The molecule has 0 spiro atoms. The van der Waals surface area contributed by atoms with E-state index in [4.69, 9.17) is 15.2 Å². The third-order valence-electron chi connectivity index (χ3n) is 3.70. The van der Waals surface area contributed by atoms with Gasteiger partial charge in [0.2, 0.25) is 0 Å². The maximum atomic E-state index is 6.03. The van der Waals surface area contributed by atoms with E-state index >= 15 is 0 Å². The zero-order valence-electron chi connectivity index (χ0n) is 10.2. The molecule has 2 rings (SSSR count). The topological polar surface area (TPSA) is 47.7 Å². The summed E-state index contributed by atoms with van der Waals surface area (Å²) in [5.74, 6) is 0. The van der Waals surface area contributed by atoms with E-state index in [0.29, 0.717) is 18.8 Å².